The minimum atomic E-state index is -0.457. The van der Waals surface area contributed by atoms with E-state index in [0.717, 1.165) is 19.3 Å². The van der Waals surface area contributed by atoms with Gasteiger partial charge in [-0.25, -0.2) is 0 Å². The van der Waals surface area contributed by atoms with E-state index in [1.165, 1.54) is 0 Å². The molecule has 0 aromatic rings. The van der Waals surface area contributed by atoms with Gasteiger partial charge < -0.3 is 4.79 Å². The average molecular weight is 472 g/mol. The molecule has 0 aromatic carbocycles. The molecule has 2 aliphatic carbocycles. The van der Waals surface area contributed by atoms with Crippen molar-refractivity contribution < 1.29 is 40.7 Å². The van der Waals surface area contributed by atoms with E-state index in [-0.39, 0.29) is 42.3 Å². The van der Waals surface area contributed by atoms with Crippen molar-refractivity contribution in [2.45, 2.75) is 32.1 Å². The second-order valence-corrected chi connectivity index (χ2v) is 4.96. The first-order valence-electron chi connectivity index (χ1n) is 4.81. The molecule has 2 atom stereocenters. The smallest absolute Gasteiger partial charge is 0.225 e. The Hall–Kier alpha value is 0.842. The molecular weight excluding hydrogens is 461 g/mol. The summed E-state index contributed by atoms with van der Waals surface area (Å²) in [4.78, 5) is 22.4. The molecule has 0 radical (unpaired) electrons. The van der Waals surface area contributed by atoms with E-state index in [1.54, 1.807) is 0 Å². The van der Waals surface area contributed by atoms with Crippen LogP contribution in [0.1, 0.15) is 32.1 Å². The predicted octanol–water partition coefficient (Wildman–Crippen LogP) is 2.67. The summed E-state index contributed by atoms with van der Waals surface area (Å²) in [5.74, 6) is 0.940. The van der Waals surface area contributed by atoms with Crippen LogP contribution in [-0.2, 0) is 9.59 Å². The molecule has 0 spiro atoms. The Morgan fingerprint density at radius 1 is 1.33 bits per heavy atom. The van der Waals surface area contributed by atoms with E-state index in [4.69, 9.17) is 23.2 Å². The molecule has 2 unspecified atom stereocenters. The first-order valence-corrected chi connectivity index (χ1v) is 5.56. The van der Waals surface area contributed by atoms with Crippen LogP contribution in [0.15, 0.2) is 0 Å². The molecule has 2 nitrogen and oxygen atoms in total. The first kappa shape index (κ1) is 13.9. The van der Waals surface area contributed by atoms with Crippen LogP contribution in [0, 0.1) is 48.4 Å². The van der Waals surface area contributed by atoms with Crippen LogP contribution in [0.5, 0.6) is 0 Å². The molecular formula is C10H11Cl2O2U-. The third-order valence-corrected chi connectivity index (χ3v) is 4.29. The van der Waals surface area contributed by atoms with Crippen molar-refractivity contribution in [3.05, 3.63) is 5.92 Å². The van der Waals surface area contributed by atoms with E-state index >= 15 is 0 Å². The Kier molecular flexibility index (Phi) is 4.64. The third kappa shape index (κ3) is 2.27. The monoisotopic (exact) mass is 471 g/mol. The van der Waals surface area contributed by atoms with Gasteiger partial charge in [-0.1, -0.05) is 30.4 Å². The molecule has 0 N–H and O–H groups in total. The van der Waals surface area contributed by atoms with Crippen LogP contribution in [0.3, 0.4) is 0 Å². The summed E-state index contributed by atoms with van der Waals surface area (Å²) in [6, 6.07) is 0. The van der Waals surface area contributed by atoms with Crippen LogP contribution in [0.25, 0.3) is 0 Å². The molecule has 0 aromatic heterocycles. The van der Waals surface area contributed by atoms with Crippen molar-refractivity contribution in [1.29, 1.82) is 0 Å². The molecule has 2 aliphatic rings. The Morgan fingerprint density at radius 3 is 2.47 bits per heavy atom. The molecule has 2 rings (SSSR count). The SMILES string of the molecule is O=C(Cl)[C-]1CC2CCCC2(C(=O)Cl)C1.[U]. The molecule has 0 amide bonds. The van der Waals surface area contributed by atoms with Gasteiger partial charge in [0.1, 0.15) is 0 Å². The van der Waals surface area contributed by atoms with E-state index < -0.39 is 10.7 Å². The zero-order chi connectivity index (χ0) is 10.3. The number of halogens is 2. The van der Waals surface area contributed by atoms with Crippen LogP contribution in [-0.4, -0.2) is 10.5 Å². The van der Waals surface area contributed by atoms with Gasteiger partial charge in [0.05, 0.1) is 5.24 Å². The van der Waals surface area contributed by atoms with E-state index in [1.807, 2.05) is 0 Å². The molecule has 2 fully saturated rings. The summed E-state index contributed by atoms with van der Waals surface area (Å²) in [6.07, 6.45) is 4.00. The number of hydrogen-bond donors (Lipinski definition) is 0. The number of hydrogen-bond acceptors (Lipinski definition) is 2. The van der Waals surface area contributed by atoms with Gasteiger partial charge in [0.2, 0.25) is 5.24 Å². The molecule has 0 saturated heterocycles. The summed E-state index contributed by atoms with van der Waals surface area (Å²) < 4.78 is 0. The maximum atomic E-state index is 11.4. The van der Waals surface area contributed by atoms with E-state index in [0.29, 0.717) is 18.8 Å². The summed E-state index contributed by atoms with van der Waals surface area (Å²) in [5.41, 5.74) is -0.457. The predicted molar refractivity (Wildman–Crippen MR) is 54.0 cm³/mol. The minimum absolute atomic E-state index is 0. The van der Waals surface area contributed by atoms with Crippen molar-refractivity contribution in [1.82, 2.24) is 0 Å². The summed E-state index contributed by atoms with van der Waals surface area (Å²) >= 11 is 11.1. The maximum absolute atomic E-state index is 11.4. The number of carbonyl (C=O) groups excluding carboxylic acids is 2. The standard InChI is InChI=1S/C10H11Cl2O2.U/c11-8(13)6-4-7-2-1-3-10(7,5-6)9(12)14;/h7H,1-5H2;/q-1;. The van der Waals surface area contributed by atoms with Gasteiger partial charge in [-0.15, -0.1) is 6.42 Å². The molecule has 0 heterocycles. The van der Waals surface area contributed by atoms with E-state index in [2.05, 4.69) is 0 Å². The largest absolute Gasteiger partial charge is 0.317 e. The Balaban J connectivity index is 0.00000112. The number of rotatable bonds is 2. The summed E-state index contributed by atoms with van der Waals surface area (Å²) in [7, 11) is 0. The van der Waals surface area contributed by atoms with Gasteiger partial charge in [-0.3, -0.25) is 10.7 Å². The van der Waals surface area contributed by atoms with Crippen molar-refractivity contribution in [3.8, 4) is 0 Å². The molecule has 0 bridgehead atoms. The van der Waals surface area contributed by atoms with Crippen molar-refractivity contribution in [2.75, 3.05) is 0 Å². The Morgan fingerprint density at radius 2 is 2.00 bits per heavy atom. The molecule has 15 heavy (non-hydrogen) atoms. The first-order chi connectivity index (χ1) is 6.56. The van der Waals surface area contributed by atoms with Gasteiger partial charge in [0.15, 0.2) is 0 Å². The van der Waals surface area contributed by atoms with Crippen LogP contribution in [0.2, 0.25) is 0 Å². The number of carbonyl (C=O) groups is 2. The zero-order valence-corrected chi connectivity index (χ0v) is 13.9. The molecule has 82 valence electrons. The van der Waals surface area contributed by atoms with Gasteiger partial charge in [-0.05, 0) is 18.0 Å². The maximum Gasteiger partial charge on any atom is 0.225 e. The summed E-state index contributed by atoms with van der Waals surface area (Å²) in [6.45, 7) is 0. The van der Waals surface area contributed by atoms with Crippen LogP contribution < -0.4 is 0 Å². The minimum Gasteiger partial charge on any atom is -0.317 e. The molecule has 0 aliphatic heterocycles. The Bertz CT molecular complexity index is 295. The van der Waals surface area contributed by atoms with Crippen LogP contribution in [0.4, 0.5) is 0 Å². The fourth-order valence-electron chi connectivity index (χ4n) is 2.90. The fourth-order valence-corrected chi connectivity index (χ4v) is 3.36. The topological polar surface area (TPSA) is 34.1 Å². The quantitative estimate of drug-likeness (QED) is 0.458. The van der Waals surface area contributed by atoms with Gasteiger partial charge in [0, 0.05) is 36.5 Å². The molecule has 2 saturated carbocycles. The second-order valence-electron chi connectivity index (χ2n) is 4.28. The fraction of sp³-hybridized carbons (Fsp3) is 0.700. The van der Waals surface area contributed by atoms with Crippen molar-refractivity contribution in [3.63, 3.8) is 0 Å². The number of fused-ring (bicyclic) bond motifs is 1. The third-order valence-electron chi connectivity index (χ3n) is 3.65. The van der Waals surface area contributed by atoms with Gasteiger partial charge in [0.25, 0.3) is 0 Å². The zero-order valence-electron chi connectivity index (χ0n) is 8.19. The Labute approximate surface area is 123 Å². The van der Waals surface area contributed by atoms with Gasteiger partial charge >= 0.3 is 0 Å². The summed E-state index contributed by atoms with van der Waals surface area (Å²) in [5, 5.41) is -0.676. The van der Waals surface area contributed by atoms with E-state index in [9.17, 15) is 9.59 Å². The average Bonchev–Trinajstić information content (AvgIpc) is 2.57. The van der Waals surface area contributed by atoms with Crippen LogP contribution >= 0.6 is 23.2 Å². The molecule has 5 heteroatoms. The van der Waals surface area contributed by atoms with Gasteiger partial charge in [-0.2, -0.15) is 6.42 Å². The van der Waals surface area contributed by atoms with Crippen molar-refractivity contribution >= 4 is 33.7 Å². The normalized spacial score (nSPS) is 33.5. The van der Waals surface area contributed by atoms with Crippen molar-refractivity contribution in [2.24, 2.45) is 11.3 Å². The second kappa shape index (κ2) is 5.00.